The minimum Gasteiger partial charge on any atom is -0.464 e. The lowest BCUT2D eigenvalue weighted by Gasteiger charge is -2.11. The predicted octanol–water partition coefficient (Wildman–Crippen LogP) is 4.37. The normalized spacial score (nSPS) is 12.6. The molecule has 7 nitrogen and oxygen atoms in total. The molecule has 5 rings (SSSR count). The first-order chi connectivity index (χ1) is 14.4. The van der Waals surface area contributed by atoms with Crippen LogP contribution in [0.4, 0.5) is 5.69 Å². The molecule has 0 spiro atoms. The molecule has 0 unspecified atom stereocenters. The van der Waals surface area contributed by atoms with Crippen molar-refractivity contribution in [3.63, 3.8) is 0 Å². The molecule has 2 aromatic carbocycles. The van der Waals surface area contributed by atoms with E-state index in [1.54, 1.807) is 24.5 Å². The number of carbonyl (C=O) groups is 1. The van der Waals surface area contributed by atoms with Gasteiger partial charge in [0.25, 0.3) is 0 Å². The third kappa shape index (κ3) is 2.82. The number of nitrogens with one attached hydrogen (secondary N) is 1. The lowest BCUT2D eigenvalue weighted by molar-refractivity contribution is -0.115. The van der Waals surface area contributed by atoms with Gasteiger partial charge in [-0.15, -0.1) is 0 Å². The lowest BCUT2D eigenvalue weighted by Crippen LogP contribution is -2.20. The first kappa shape index (κ1) is 18.3. The molecule has 1 aliphatic rings. The van der Waals surface area contributed by atoms with Gasteiger partial charge in [0.2, 0.25) is 12.7 Å². The van der Waals surface area contributed by atoms with E-state index >= 15 is 0 Å². The molecule has 0 aliphatic carbocycles. The fourth-order valence-electron chi connectivity index (χ4n) is 3.86. The largest absolute Gasteiger partial charge is 0.464 e. The van der Waals surface area contributed by atoms with E-state index in [1.807, 2.05) is 26.8 Å². The minimum absolute atomic E-state index is 0.0972. The number of carbonyl (C=O) groups excluding carboxylic acids is 1. The maximum atomic E-state index is 12.7. The van der Waals surface area contributed by atoms with E-state index in [4.69, 9.17) is 18.3 Å². The molecule has 30 heavy (non-hydrogen) atoms. The van der Waals surface area contributed by atoms with Crippen LogP contribution in [0.2, 0.25) is 0 Å². The maximum absolute atomic E-state index is 12.7. The van der Waals surface area contributed by atoms with Crippen LogP contribution < -0.4 is 20.4 Å². The van der Waals surface area contributed by atoms with Gasteiger partial charge < -0.3 is 23.6 Å². The number of ether oxygens (including phenoxy) is 2. The zero-order chi connectivity index (χ0) is 21.0. The molecular formula is C23H19NO6. The van der Waals surface area contributed by atoms with Crippen LogP contribution in [0.1, 0.15) is 22.3 Å². The van der Waals surface area contributed by atoms with Gasteiger partial charge in [-0.2, -0.15) is 0 Å². The molecule has 3 heterocycles. The van der Waals surface area contributed by atoms with Gasteiger partial charge in [-0.3, -0.25) is 4.79 Å². The van der Waals surface area contributed by atoms with Gasteiger partial charge >= 0.3 is 5.63 Å². The van der Waals surface area contributed by atoms with E-state index in [1.165, 1.54) is 0 Å². The van der Waals surface area contributed by atoms with Crippen molar-refractivity contribution in [3.05, 3.63) is 63.2 Å². The summed E-state index contributed by atoms with van der Waals surface area (Å²) in [5.74, 6) is 0.889. The van der Waals surface area contributed by atoms with Crippen molar-refractivity contribution < 1.29 is 23.1 Å². The van der Waals surface area contributed by atoms with Crippen molar-refractivity contribution in [1.29, 1.82) is 0 Å². The second kappa shape index (κ2) is 6.66. The van der Waals surface area contributed by atoms with Gasteiger partial charge in [0.05, 0.1) is 18.2 Å². The molecule has 0 bridgehead atoms. The molecule has 0 saturated carbocycles. The molecule has 0 fully saturated rings. The summed E-state index contributed by atoms with van der Waals surface area (Å²) in [6, 6.07) is 7.10. The zero-order valence-corrected chi connectivity index (χ0v) is 16.8. The molecule has 2 aromatic heterocycles. The van der Waals surface area contributed by atoms with E-state index in [0.29, 0.717) is 33.9 Å². The Labute approximate surface area is 171 Å². The summed E-state index contributed by atoms with van der Waals surface area (Å²) < 4.78 is 21.8. The monoisotopic (exact) mass is 405 g/mol. The summed E-state index contributed by atoms with van der Waals surface area (Å²) in [6.07, 6.45) is 1.59. The Hall–Kier alpha value is -3.74. The van der Waals surface area contributed by atoms with E-state index in [0.717, 1.165) is 27.5 Å². The van der Waals surface area contributed by atoms with Gasteiger partial charge in [0.15, 0.2) is 11.5 Å². The first-order valence-corrected chi connectivity index (χ1v) is 9.55. The fraction of sp³-hybridized carbons (Fsp3) is 0.217. The second-order valence-electron chi connectivity index (χ2n) is 7.46. The molecule has 7 heteroatoms. The van der Waals surface area contributed by atoms with Gasteiger partial charge in [0.1, 0.15) is 11.2 Å². The molecule has 0 saturated heterocycles. The second-order valence-corrected chi connectivity index (χ2v) is 7.46. The van der Waals surface area contributed by atoms with Crippen LogP contribution in [0.3, 0.4) is 0 Å². The zero-order valence-electron chi connectivity index (χ0n) is 16.8. The molecule has 1 N–H and O–H groups in total. The quantitative estimate of drug-likeness (QED) is 0.509. The molecule has 0 radical (unpaired) electrons. The van der Waals surface area contributed by atoms with Crippen LogP contribution in [0, 0.1) is 20.8 Å². The van der Waals surface area contributed by atoms with Crippen LogP contribution in [-0.2, 0) is 11.2 Å². The topological polar surface area (TPSA) is 90.9 Å². The van der Waals surface area contributed by atoms with Crippen molar-refractivity contribution >= 4 is 33.5 Å². The Morgan fingerprint density at radius 2 is 1.80 bits per heavy atom. The Bertz CT molecular complexity index is 1390. The highest BCUT2D eigenvalue weighted by atomic mass is 16.7. The fourth-order valence-corrected chi connectivity index (χ4v) is 3.86. The van der Waals surface area contributed by atoms with Crippen LogP contribution in [0.5, 0.6) is 11.5 Å². The van der Waals surface area contributed by atoms with Gasteiger partial charge in [-0.05, 0) is 50.1 Å². The highest BCUT2D eigenvalue weighted by molar-refractivity contribution is 6.00. The summed E-state index contributed by atoms with van der Waals surface area (Å²) in [7, 11) is 0. The smallest absolute Gasteiger partial charge is 0.340 e. The summed E-state index contributed by atoms with van der Waals surface area (Å²) >= 11 is 0. The molecule has 1 aliphatic heterocycles. The molecule has 4 aromatic rings. The molecular weight excluding hydrogens is 386 g/mol. The first-order valence-electron chi connectivity index (χ1n) is 9.55. The third-order valence-corrected chi connectivity index (χ3v) is 5.53. The lowest BCUT2D eigenvalue weighted by atomic mass is 9.99. The number of anilines is 1. The average molecular weight is 405 g/mol. The Morgan fingerprint density at radius 1 is 1.00 bits per heavy atom. The minimum atomic E-state index is -0.522. The number of hydrogen-bond acceptors (Lipinski definition) is 6. The van der Waals surface area contributed by atoms with Crippen LogP contribution in [-0.4, -0.2) is 12.7 Å². The van der Waals surface area contributed by atoms with Gasteiger partial charge in [-0.25, -0.2) is 4.79 Å². The van der Waals surface area contributed by atoms with Crippen LogP contribution in [0.15, 0.2) is 44.2 Å². The van der Waals surface area contributed by atoms with Crippen LogP contribution in [0.25, 0.3) is 21.9 Å². The Kier molecular flexibility index (Phi) is 4.06. The molecule has 1 amide bonds. The van der Waals surface area contributed by atoms with Crippen molar-refractivity contribution in [2.24, 2.45) is 0 Å². The highest BCUT2D eigenvalue weighted by Gasteiger charge is 2.20. The van der Waals surface area contributed by atoms with E-state index in [9.17, 15) is 9.59 Å². The number of aryl methyl sites for hydroxylation is 3. The number of benzene rings is 2. The maximum Gasteiger partial charge on any atom is 0.340 e. The van der Waals surface area contributed by atoms with E-state index in [2.05, 4.69) is 5.32 Å². The Morgan fingerprint density at radius 3 is 2.63 bits per heavy atom. The molecule has 0 atom stereocenters. The van der Waals surface area contributed by atoms with Crippen molar-refractivity contribution in [1.82, 2.24) is 0 Å². The van der Waals surface area contributed by atoms with Crippen molar-refractivity contribution in [2.75, 3.05) is 12.1 Å². The summed E-state index contributed by atoms with van der Waals surface area (Å²) in [6.45, 7) is 5.82. The standard InChI is InChI=1S/C23H19NO6/c1-11-9-27-21-13(3)22-16(7-15(11)21)12(2)17(23(26)30-22)8-20(25)24-14-4-5-18-19(6-14)29-10-28-18/h4-7,9H,8,10H2,1-3H3,(H,24,25). The SMILES string of the molecule is Cc1coc2c(C)c3oc(=O)c(CC(=O)Nc4ccc5c(c4)OCO5)c(C)c3cc12. The van der Waals surface area contributed by atoms with E-state index in [-0.39, 0.29) is 19.1 Å². The number of furan rings is 1. The summed E-state index contributed by atoms with van der Waals surface area (Å²) in [5, 5.41) is 4.56. The Balaban J connectivity index is 1.50. The molecule has 152 valence electrons. The van der Waals surface area contributed by atoms with Crippen molar-refractivity contribution in [2.45, 2.75) is 27.2 Å². The number of rotatable bonds is 3. The number of hydrogen-bond donors (Lipinski definition) is 1. The number of fused-ring (bicyclic) bond motifs is 3. The summed E-state index contributed by atoms with van der Waals surface area (Å²) in [4.78, 5) is 25.3. The number of amides is 1. The van der Waals surface area contributed by atoms with Gasteiger partial charge in [0, 0.05) is 28.1 Å². The third-order valence-electron chi connectivity index (χ3n) is 5.53. The highest BCUT2D eigenvalue weighted by Crippen LogP contribution is 2.35. The predicted molar refractivity (Wildman–Crippen MR) is 111 cm³/mol. The van der Waals surface area contributed by atoms with Crippen LogP contribution >= 0.6 is 0 Å². The van der Waals surface area contributed by atoms with Gasteiger partial charge in [-0.1, -0.05) is 0 Å². The average Bonchev–Trinajstić information content (AvgIpc) is 3.33. The van der Waals surface area contributed by atoms with E-state index < -0.39 is 5.63 Å². The summed E-state index contributed by atoms with van der Waals surface area (Å²) in [5.41, 5.74) is 4.07. The van der Waals surface area contributed by atoms with Crippen molar-refractivity contribution in [3.8, 4) is 11.5 Å².